The molecule has 2 aromatic carbocycles. The third kappa shape index (κ3) is 6.16. The van der Waals surface area contributed by atoms with E-state index in [9.17, 15) is 4.79 Å². The van der Waals surface area contributed by atoms with Crippen molar-refractivity contribution in [1.29, 1.82) is 0 Å². The predicted octanol–water partition coefficient (Wildman–Crippen LogP) is 4.73. The number of hydrogen-bond donors (Lipinski definition) is 2. The minimum atomic E-state index is -0.149. The van der Waals surface area contributed by atoms with Crippen molar-refractivity contribution in [1.82, 2.24) is 14.9 Å². The van der Waals surface area contributed by atoms with Gasteiger partial charge >= 0.3 is 0 Å². The van der Waals surface area contributed by atoms with Crippen molar-refractivity contribution < 1.29 is 14.3 Å². The molecule has 1 aliphatic heterocycles. The third-order valence-electron chi connectivity index (χ3n) is 6.01. The summed E-state index contributed by atoms with van der Waals surface area (Å²) in [7, 11) is 0. The van der Waals surface area contributed by atoms with Gasteiger partial charge in [0.2, 0.25) is 5.88 Å². The van der Waals surface area contributed by atoms with Gasteiger partial charge in [-0.3, -0.25) is 9.69 Å². The molecule has 36 heavy (non-hydrogen) atoms. The van der Waals surface area contributed by atoms with Gasteiger partial charge in [0.25, 0.3) is 5.91 Å². The van der Waals surface area contributed by atoms with Crippen molar-refractivity contribution in [3.63, 3.8) is 0 Å². The van der Waals surface area contributed by atoms with E-state index in [4.69, 9.17) is 9.47 Å². The summed E-state index contributed by atoms with van der Waals surface area (Å²) >= 11 is 0. The Kier molecular flexibility index (Phi) is 7.65. The lowest BCUT2D eigenvalue weighted by Gasteiger charge is -2.26. The Morgan fingerprint density at radius 1 is 0.944 bits per heavy atom. The van der Waals surface area contributed by atoms with Gasteiger partial charge in [-0.1, -0.05) is 18.2 Å². The second-order valence-corrected chi connectivity index (χ2v) is 8.56. The van der Waals surface area contributed by atoms with Crippen LogP contribution in [0.25, 0.3) is 11.0 Å². The molecule has 1 aliphatic rings. The minimum absolute atomic E-state index is 0.149. The van der Waals surface area contributed by atoms with Crippen LogP contribution in [-0.2, 0) is 4.74 Å². The van der Waals surface area contributed by atoms with E-state index >= 15 is 0 Å². The summed E-state index contributed by atoms with van der Waals surface area (Å²) in [5, 5.41) is 7.19. The number of para-hydroxylation sites is 1. The normalized spacial score (nSPS) is 13.9. The second-order valence-electron chi connectivity index (χ2n) is 8.56. The molecule has 1 saturated heterocycles. The van der Waals surface area contributed by atoms with Crippen molar-refractivity contribution >= 4 is 34.0 Å². The number of carbonyl (C=O) groups is 1. The maximum absolute atomic E-state index is 12.5. The van der Waals surface area contributed by atoms with Crippen LogP contribution < -0.4 is 15.4 Å². The molecule has 0 spiro atoms. The van der Waals surface area contributed by atoms with Gasteiger partial charge in [-0.25, -0.2) is 4.98 Å². The van der Waals surface area contributed by atoms with Crippen LogP contribution in [0.4, 0.5) is 17.1 Å². The summed E-state index contributed by atoms with van der Waals surface area (Å²) < 4.78 is 11.3. The quantitative estimate of drug-likeness (QED) is 0.333. The Morgan fingerprint density at radius 3 is 2.56 bits per heavy atom. The Balaban J connectivity index is 1.19. The molecule has 0 bridgehead atoms. The van der Waals surface area contributed by atoms with Crippen LogP contribution in [0, 0.1) is 0 Å². The molecule has 4 aromatic rings. The molecular formula is C28H29N5O3. The summed E-state index contributed by atoms with van der Waals surface area (Å²) in [5.74, 6) is 0.423. The number of carbonyl (C=O) groups excluding carboxylic acids is 1. The average molecular weight is 484 g/mol. The molecule has 0 radical (unpaired) electrons. The zero-order chi connectivity index (χ0) is 24.6. The standard InChI is InChI=1S/C28H29N5O3/c34-28(31-22-5-2-1-3-6-22)21-7-9-23(10-8-21)30-25-13-14-29-27-24(25)11-12-26(32-27)36-18-4-15-33-16-19-35-20-17-33/h1-3,5-14H,4,15-20H2,(H,31,34)(H,29,30,32). The van der Waals surface area contributed by atoms with E-state index in [0.717, 1.165) is 61.7 Å². The van der Waals surface area contributed by atoms with Crippen LogP contribution in [0.15, 0.2) is 79.0 Å². The highest BCUT2D eigenvalue weighted by Gasteiger charge is 2.11. The number of ether oxygens (including phenoxy) is 2. The Bertz CT molecular complexity index is 1290. The fourth-order valence-electron chi connectivity index (χ4n) is 4.08. The molecule has 8 nitrogen and oxygen atoms in total. The number of aromatic nitrogens is 2. The van der Waals surface area contributed by atoms with Crippen LogP contribution in [0.5, 0.6) is 5.88 Å². The first-order valence-electron chi connectivity index (χ1n) is 12.2. The number of nitrogens with one attached hydrogen (secondary N) is 2. The lowest BCUT2D eigenvalue weighted by molar-refractivity contribution is 0.0357. The SMILES string of the molecule is O=C(Nc1ccccc1)c1ccc(Nc2ccnc3nc(OCCCN4CCOCC4)ccc23)cc1. The molecule has 2 N–H and O–H groups in total. The molecule has 0 aliphatic carbocycles. The van der Waals surface area contributed by atoms with Crippen LogP contribution in [0.2, 0.25) is 0 Å². The van der Waals surface area contributed by atoms with E-state index in [1.807, 2.05) is 60.7 Å². The lowest BCUT2D eigenvalue weighted by atomic mass is 10.1. The maximum atomic E-state index is 12.5. The fraction of sp³-hybridized carbons (Fsp3) is 0.250. The number of rotatable bonds is 9. The lowest BCUT2D eigenvalue weighted by Crippen LogP contribution is -2.37. The number of hydrogen-bond acceptors (Lipinski definition) is 7. The first kappa shape index (κ1) is 23.7. The number of anilines is 3. The molecule has 0 saturated carbocycles. The van der Waals surface area contributed by atoms with E-state index in [-0.39, 0.29) is 5.91 Å². The minimum Gasteiger partial charge on any atom is -0.478 e. The number of pyridine rings is 2. The van der Waals surface area contributed by atoms with Gasteiger partial charge in [0, 0.05) is 54.2 Å². The van der Waals surface area contributed by atoms with E-state index in [2.05, 4.69) is 25.5 Å². The number of amides is 1. The van der Waals surface area contributed by atoms with E-state index in [1.54, 1.807) is 18.3 Å². The van der Waals surface area contributed by atoms with Gasteiger partial charge in [-0.05, 0) is 55.0 Å². The molecule has 3 heterocycles. The van der Waals surface area contributed by atoms with Crippen LogP contribution in [-0.4, -0.2) is 60.2 Å². The van der Waals surface area contributed by atoms with Crippen LogP contribution in [0.3, 0.4) is 0 Å². The number of fused-ring (bicyclic) bond motifs is 1. The van der Waals surface area contributed by atoms with E-state index in [0.29, 0.717) is 23.7 Å². The highest BCUT2D eigenvalue weighted by atomic mass is 16.5. The van der Waals surface area contributed by atoms with Crippen molar-refractivity contribution in [2.45, 2.75) is 6.42 Å². The van der Waals surface area contributed by atoms with Crippen molar-refractivity contribution in [2.75, 3.05) is 50.1 Å². The van der Waals surface area contributed by atoms with Gasteiger partial charge in [-0.15, -0.1) is 0 Å². The maximum Gasteiger partial charge on any atom is 0.255 e. The first-order chi connectivity index (χ1) is 17.7. The smallest absolute Gasteiger partial charge is 0.255 e. The molecule has 1 amide bonds. The topological polar surface area (TPSA) is 88.6 Å². The van der Waals surface area contributed by atoms with E-state index in [1.165, 1.54) is 0 Å². The number of benzene rings is 2. The molecule has 2 aromatic heterocycles. The Hall–Kier alpha value is -4.01. The number of nitrogens with zero attached hydrogens (tertiary/aromatic N) is 3. The third-order valence-corrected chi connectivity index (χ3v) is 6.01. The monoisotopic (exact) mass is 483 g/mol. The fourth-order valence-corrected chi connectivity index (χ4v) is 4.08. The van der Waals surface area contributed by atoms with Gasteiger partial charge in [0.1, 0.15) is 0 Å². The predicted molar refractivity (Wildman–Crippen MR) is 141 cm³/mol. The first-order valence-corrected chi connectivity index (χ1v) is 12.2. The summed E-state index contributed by atoms with van der Waals surface area (Å²) in [4.78, 5) is 23.9. The van der Waals surface area contributed by atoms with Crippen molar-refractivity contribution in [2.24, 2.45) is 0 Å². The largest absolute Gasteiger partial charge is 0.478 e. The Morgan fingerprint density at radius 2 is 1.75 bits per heavy atom. The highest BCUT2D eigenvalue weighted by Crippen LogP contribution is 2.26. The molecule has 1 fully saturated rings. The molecule has 0 unspecified atom stereocenters. The van der Waals surface area contributed by atoms with E-state index < -0.39 is 0 Å². The molecule has 5 rings (SSSR count). The van der Waals surface area contributed by atoms with Gasteiger partial charge in [0.05, 0.1) is 25.5 Å². The summed E-state index contributed by atoms with van der Waals surface area (Å²) in [6.07, 6.45) is 2.66. The Labute approximate surface area is 210 Å². The second kappa shape index (κ2) is 11.6. The zero-order valence-corrected chi connectivity index (χ0v) is 20.0. The number of morpholine rings is 1. The summed E-state index contributed by atoms with van der Waals surface area (Å²) in [5.41, 5.74) is 3.71. The van der Waals surface area contributed by atoms with Crippen LogP contribution in [0.1, 0.15) is 16.8 Å². The zero-order valence-electron chi connectivity index (χ0n) is 20.0. The highest BCUT2D eigenvalue weighted by molar-refractivity contribution is 6.04. The van der Waals surface area contributed by atoms with Crippen LogP contribution >= 0.6 is 0 Å². The van der Waals surface area contributed by atoms with Crippen molar-refractivity contribution in [3.05, 3.63) is 84.6 Å². The summed E-state index contributed by atoms with van der Waals surface area (Å²) in [6, 6.07) is 22.5. The van der Waals surface area contributed by atoms with Gasteiger partial charge in [-0.2, -0.15) is 4.98 Å². The van der Waals surface area contributed by atoms with Gasteiger partial charge in [0.15, 0.2) is 5.65 Å². The molecule has 8 heteroatoms. The molecular weight excluding hydrogens is 454 g/mol. The summed E-state index contributed by atoms with van der Waals surface area (Å²) in [6.45, 7) is 5.19. The van der Waals surface area contributed by atoms with Crippen molar-refractivity contribution in [3.8, 4) is 5.88 Å². The molecule has 0 atom stereocenters. The van der Waals surface area contributed by atoms with Gasteiger partial charge < -0.3 is 20.1 Å². The average Bonchev–Trinajstić information content (AvgIpc) is 2.93. The molecule has 184 valence electrons.